The van der Waals surface area contributed by atoms with Crippen LogP contribution in [-0.2, 0) is 9.59 Å². The minimum absolute atomic E-state index is 0.0767. The van der Waals surface area contributed by atoms with E-state index in [1.807, 2.05) is 6.92 Å². The van der Waals surface area contributed by atoms with Gasteiger partial charge < -0.3 is 14.2 Å². The molecule has 2 aromatic rings. The second kappa shape index (κ2) is 9.16. The summed E-state index contributed by atoms with van der Waals surface area (Å²) in [5, 5.41) is 13.6. The first kappa shape index (κ1) is 22.3. The lowest BCUT2D eigenvalue weighted by Crippen LogP contribution is -2.54. The van der Waals surface area contributed by atoms with Gasteiger partial charge in [0.25, 0.3) is 17.5 Å². The molecule has 0 radical (unpaired) electrons. The van der Waals surface area contributed by atoms with Crippen LogP contribution in [0.3, 0.4) is 0 Å². The minimum atomic E-state index is -0.980. The van der Waals surface area contributed by atoms with E-state index >= 15 is 0 Å². The van der Waals surface area contributed by atoms with E-state index in [9.17, 15) is 24.5 Å². The van der Waals surface area contributed by atoms with Gasteiger partial charge in [-0.15, -0.1) is 0 Å². The van der Waals surface area contributed by atoms with Crippen molar-refractivity contribution in [3.63, 3.8) is 0 Å². The number of nitrogens with one attached hydrogen (secondary N) is 1. The number of anilines is 1. The molecule has 1 N–H and O–H groups in total. The third-order valence-corrected chi connectivity index (χ3v) is 4.54. The number of nitro benzene ring substituents is 1. The molecule has 1 aliphatic heterocycles. The highest BCUT2D eigenvalue weighted by molar-refractivity contribution is 6.39. The number of methoxy groups -OCH3 is 2. The molecule has 4 amide bonds. The number of urea groups is 1. The first-order valence-corrected chi connectivity index (χ1v) is 9.35. The Balaban J connectivity index is 2.07. The summed E-state index contributed by atoms with van der Waals surface area (Å²) in [6, 6.07) is 7.54. The third-order valence-electron chi connectivity index (χ3n) is 4.54. The molecule has 1 saturated heterocycles. The van der Waals surface area contributed by atoms with Gasteiger partial charge in [-0.25, -0.2) is 9.69 Å². The second-order valence-electron chi connectivity index (χ2n) is 6.41. The topological polar surface area (TPSA) is 137 Å². The molecule has 0 aliphatic carbocycles. The Hall–Kier alpha value is -4.41. The van der Waals surface area contributed by atoms with E-state index in [1.165, 1.54) is 32.4 Å². The maximum Gasteiger partial charge on any atom is 0.335 e. The van der Waals surface area contributed by atoms with Crippen LogP contribution in [0.4, 0.5) is 16.2 Å². The summed E-state index contributed by atoms with van der Waals surface area (Å²) in [5.41, 5.74) is -0.766. The SMILES string of the molecule is CCOc1ccc(N2C(=O)NC(=O)C(=Cc3cc(OC)c(OC)cc3[N+](=O)[O-])C2=O)cc1. The number of barbiturate groups is 1. The summed E-state index contributed by atoms with van der Waals surface area (Å²) in [6.45, 7) is 2.25. The first-order valence-electron chi connectivity index (χ1n) is 9.35. The number of hydrogen-bond acceptors (Lipinski definition) is 8. The number of carbonyl (C=O) groups excluding carboxylic acids is 3. The van der Waals surface area contributed by atoms with Gasteiger partial charge in [-0.3, -0.25) is 25.0 Å². The molecule has 0 aromatic heterocycles. The lowest BCUT2D eigenvalue weighted by Gasteiger charge is -2.26. The fourth-order valence-corrected chi connectivity index (χ4v) is 3.06. The van der Waals surface area contributed by atoms with Crippen LogP contribution in [0.15, 0.2) is 42.0 Å². The maximum absolute atomic E-state index is 13.0. The molecule has 2 aromatic carbocycles. The molecule has 11 nitrogen and oxygen atoms in total. The van der Waals surface area contributed by atoms with Crippen LogP contribution >= 0.6 is 0 Å². The van der Waals surface area contributed by atoms with Gasteiger partial charge in [0.05, 0.1) is 43.1 Å². The molecular weight excluding hydrogens is 422 g/mol. The monoisotopic (exact) mass is 441 g/mol. The molecule has 0 saturated carbocycles. The van der Waals surface area contributed by atoms with Crippen molar-refractivity contribution in [2.75, 3.05) is 25.7 Å². The molecule has 1 aliphatic rings. The van der Waals surface area contributed by atoms with Gasteiger partial charge in [0, 0.05) is 0 Å². The Morgan fingerprint density at radius 1 is 1.06 bits per heavy atom. The summed E-state index contributed by atoms with van der Waals surface area (Å²) in [7, 11) is 2.66. The summed E-state index contributed by atoms with van der Waals surface area (Å²) in [5.74, 6) is -1.12. The van der Waals surface area contributed by atoms with E-state index in [0.29, 0.717) is 12.4 Å². The number of ether oxygens (including phenoxy) is 3. The number of benzene rings is 2. The molecule has 1 fully saturated rings. The van der Waals surface area contributed by atoms with Crippen molar-refractivity contribution in [2.24, 2.45) is 0 Å². The van der Waals surface area contributed by atoms with Gasteiger partial charge >= 0.3 is 6.03 Å². The Bertz CT molecular complexity index is 1120. The smallest absolute Gasteiger partial charge is 0.335 e. The van der Waals surface area contributed by atoms with Gasteiger partial charge in [-0.1, -0.05) is 0 Å². The standard InChI is InChI=1S/C21H19N3O8/c1-4-32-14-7-5-13(6-8-14)23-20(26)15(19(25)22-21(23)27)9-12-10-17(30-2)18(31-3)11-16(12)24(28)29/h5-11H,4H2,1-3H3,(H,22,25,27). The quantitative estimate of drug-likeness (QED) is 0.300. The zero-order chi connectivity index (χ0) is 23.4. The summed E-state index contributed by atoms with van der Waals surface area (Å²) in [4.78, 5) is 49.4. The molecule has 11 heteroatoms. The molecule has 32 heavy (non-hydrogen) atoms. The van der Waals surface area contributed by atoms with Crippen LogP contribution in [0.1, 0.15) is 12.5 Å². The molecular formula is C21H19N3O8. The first-order chi connectivity index (χ1) is 15.3. The highest BCUT2D eigenvalue weighted by atomic mass is 16.6. The highest BCUT2D eigenvalue weighted by Gasteiger charge is 2.37. The number of carbonyl (C=O) groups is 3. The van der Waals surface area contributed by atoms with Crippen molar-refractivity contribution in [3.8, 4) is 17.2 Å². The van der Waals surface area contributed by atoms with E-state index in [2.05, 4.69) is 5.32 Å². The summed E-state index contributed by atoms with van der Waals surface area (Å²) >= 11 is 0. The second-order valence-corrected chi connectivity index (χ2v) is 6.41. The fraction of sp³-hybridized carbons (Fsp3) is 0.190. The molecule has 0 bridgehead atoms. The highest BCUT2D eigenvalue weighted by Crippen LogP contribution is 2.36. The van der Waals surface area contributed by atoms with Crippen LogP contribution in [-0.4, -0.2) is 43.6 Å². The zero-order valence-electron chi connectivity index (χ0n) is 17.4. The van der Waals surface area contributed by atoms with Crippen molar-refractivity contribution in [1.82, 2.24) is 5.32 Å². The largest absolute Gasteiger partial charge is 0.494 e. The van der Waals surface area contributed by atoms with Crippen molar-refractivity contribution in [1.29, 1.82) is 0 Å². The van der Waals surface area contributed by atoms with Crippen molar-refractivity contribution in [2.45, 2.75) is 6.92 Å². The molecule has 1 heterocycles. The van der Waals surface area contributed by atoms with E-state index in [1.54, 1.807) is 12.1 Å². The van der Waals surface area contributed by atoms with Crippen LogP contribution in [0, 0.1) is 10.1 Å². The van der Waals surface area contributed by atoms with Crippen molar-refractivity contribution < 1.29 is 33.5 Å². The van der Waals surface area contributed by atoms with E-state index in [-0.39, 0.29) is 22.7 Å². The maximum atomic E-state index is 13.0. The third kappa shape index (κ3) is 4.21. The lowest BCUT2D eigenvalue weighted by molar-refractivity contribution is -0.385. The number of nitrogens with zero attached hydrogens (tertiary/aromatic N) is 2. The Kier molecular flexibility index (Phi) is 6.38. The van der Waals surface area contributed by atoms with Crippen LogP contribution in [0.2, 0.25) is 0 Å². The van der Waals surface area contributed by atoms with Crippen molar-refractivity contribution >= 4 is 35.3 Å². The number of imide groups is 2. The molecule has 0 spiro atoms. The average molecular weight is 441 g/mol. The van der Waals surface area contributed by atoms with Crippen molar-refractivity contribution in [3.05, 3.63) is 57.6 Å². The average Bonchev–Trinajstić information content (AvgIpc) is 2.77. The predicted molar refractivity (Wildman–Crippen MR) is 113 cm³/mol. The molecule has 3 rings (SSSR count). The lowest BCUT2D eigenvalue weighted by atomic mass is 10.0. The zero-order valence-corrected chi connectivity index (χ0v) is 17.4. The molecule has 0 unspecified atom stereocenters. The summed E-state index contributed by atoms with van der Waals surface area (Å²) in [6.07, 6.45) is 1.03. The number of amides is 4. The van der Waals surface area contributed by atoms with E-state index < -0.39 is 34.0 Å². The van der Waals surface area contributed by atoms with Crippen LogP contribution in [0.25, 0.3) is 6.08 Å². The Labute approximate surface area is 182 Å². The number of hydrogen-bond donors (Lipinski definition) is 1. The normalized spacial score (nSPS) is 14.9. The van der Waals surface area contributed by atoms with Crippen LogP contribution in [0.5, 0.6) is 17.2 Å². The molecule has 0 atom stereocenters. The van der Waals surface area contributed by atoms with Gasteiger partial charge in [-0.2, -0.15) is 0 Å². The number of nitro groups is 1. The Morgan fingerprint density at radius 2 is 1.69 bits per heavy atom. The van der Waals surface area contributed by atoms with E-state index in [4.69, 9.17) is 14.2 Å². The fourth-order valence-electron chi connectivity index (χ4n) is 3.06. The Morgan fingerprint density at radius 3 is 2.25 bits per heavy atom. The van der Waals surface area contributed by atoms with Gasteiger partial charge in [0.2, 0.25) is 0 Å². The summed E-state index contributed by atoms with van der Waals surface area (Å²) < 4.78 is 15.6. The predicted octanol–water partition coefficient (Wildman–Crippen LogP) is 2.68. The van der Waals surface area contributed by atoms with Gasteiger partial charge in [0.15, 0.2) is 11.5 Å². The van der Waals surface area contributed by atoms with Crippen LogP contribution < -0.4 is 24.4 Å². The molecule has 166 valence electrons. The minimum Gasteiger partial charge on any atom is -0.494 e. The number of rotatable bonds is 7. The van der Waals surface area contributed by atoms with Gasteiger partial charge in [-0.05, 0) is 43.3 Å². The van der Waals surface area contributed by atoms with Gasteiger partial charge in [0.1, 0.15) is 11.3 Å². The van der Waals surface area contributed by atoms with E-state index in [0.717, 1.165) is 17.0 Å².